The third-order valence-corrected chi connectivity index (χ3v) is 4.80. The average Bonchev–Trinajstić information content (AvgIpc) is 3.40. The molecule has 2 aromatic heterocycles. The summed E-state index contributed by atoms with van der Waals surface area (Å²) < 4.78 is 43.7. The molecule has 0 N–H and O–H groups in total. The van der Waals surface area contributed by atoms with Gasteiger partial charge in [-0.3, -0.25) is 4.98 Å². The number of benzene rings is 1. The molecule has 0 amide bonds. The van der Waals surface area contributed by atoms with Crippen molar-refractivity contribution >= 4 is 10.9 Å². The molecule has 1 fully saturated rings. The first-order chi connectivity index (χ1) is 12.4. The van der Waals surface area contributed by atoms with Gasteiger partial charge in [-0.2, -0.15) is 13.2 Å². The second-order valence-electron chi connectivity index (χ2n) is 6.78. The van der Waals surface area contributed by atoms with E-state index in [1.165, 1.54) is 36.1 Å². The third kappa shape index (κ3) is 3.41. The SMILES string of the molecule is C[C@H](c1ccc(OCC(F)(F)F)cn1)n1cc(C2CC2)c2ccccc21. The van der Waals surface area contributed by atoms with Gasteiger partial charge in [0.05, 0.1) is 17.9 Å². The number of hydrogen-bond donors (Lipinski definition) is 0. The molecule has 6 heteroatoms. The molecular formula is C20H19F3N2O. The molecule has 0 bridgehead atoms. The average molecular weight is 360 g/mol. The molecule has 1 saturated carbocycles. The highest BCUT2D eigenvalue weighted by Gasteiger charge is 2.29. The second kappa shape index (κ2) is 6.34. The fourth-order valence-electron chi connectivity index (χ4n) is 3.30. The summed E-state index contributed by atoms with van der Waals surface area (Å²) in [4.78, 5) is 4.32. The Balaban J connectivity index is 1.60. The molecule has 3 nitrogen and oxygen atoms in total. The Kier molecular flexibility index (Phi) is 4.13. The minimum atomic E-state index is -4.35. The Morgan fingerprint density at radius 2 is 1.96 bits per heavy atom. The maximum absolute atomic E-state index is 12.2. The van der Waals surface area contributed by atoms with E-state index in [1.807, 2.05) is 19.1 Å². The lowest BCUT2D eigenvalue weighted by Gasteiger charge is -2.16. The number of ether oxygens (including phenoxy) is 1. The lowest BCUT2D eigenvalue weighted by molar-refractivity contribution is -0.153. The number of pyridine rings is 1. The highest BCUT2D eigenvalue weighted by molar-refractivity contribution is 5.85. The molecule has 26 heavy (non-hydrogen) atoms. The predicted molar refractivity (Wildman–Crippen MR) is 93.5 cm³/mol. The first-order valence-electron chi connectivity index (χ1n) is 8.67. The number of para-hydroxylation sites is 1. The molecule has 3 aromatic rings. The molecular weight excluding hydrogens is 341 g/mol. The summed E-state index contributed by atoms with van der Waals surface area (Å²) >= 11 is 0. The fourth-order valence-corrected chi connectivity index (χ4v) is 3.30. The number of nitrogens with zero attached hydrogens (tertiary/aromatic N) is 2. The zero-order chi connectivity index (χ0) is 18.3. The zero-order valence-electron chi connectivity index (χ0n) is 14.3. The molecule has 1 aliphatic carbocycles. The maximum atomic E-state index is 12.2. The molecule has 0 spiro atoms. The fraction of sp³-hybridized carbons (Fsp3) is 0.350. The molecule has 0 aliphatic heterocycles. The van der Waals surface area contributed by atoms with Gasteiger partial charge in [0.2, 0.25) is 0 Å². The van der Waals surface area contributed by atoms with Crippen LogP contribution in [-0.2, 0) is 0 Å². The van der Waals surface area contributed by atoms with Gasteiger partial charge in [-0.1, -0.05) is 18.2 Å². The predicted octanol–water partition coefficient (Wildman–Crippen LogP) is 5.46. The van der Waals surface area contributed by atoms with Crippen LogP contribution in [0.3, 0.4) is 0 Å². The monoisotopic (exact) mass is 360 g/mol. The van der Waals surface area contributed by atoms with Crippen molar-refractivity contribution in [3.8, 4) is 5.75 Å². The highest BCUT2D eigenvalue weighted by atomic mass is 19.4. The van der Waals surface area contributed by atoms with Crippen LogP contribution in [0, 0.1) is 0 Å². The number of alkyl halides is 3. The van der Waals surface area contributed by atoms with Crippen molar-refractivity contribution in [2.24, 2.45) is 0 Å². The van der Waals surface area contributed by atoms with Gasteiger partial charge in [0.15, 0.2) is 6.61 Å². The van der Waals surface area contributed by atoms with Crippen molar-refractivity contribution in [2.45, 2.75) is 37.9 Å². The topological polar surface area (TPSA) is 27.1 Å². The van der Waals surface area contributed by atoms with E-state index in [4.69, 9.17) is 4.74 Å². The molecule has 1 aliphatic rings. The Labute approximate surface area is 149 Å². The van der Waals surface area contributed by atoms with Crippen LogP contribution >= 0.6 is 0 Å². The van der Waals surface area contributed by atoms with Crippen LogP contribution in [0.2, 0.25) is 0 Å². The summed E-state index contributed by atoms with van der Waals surface area (Å²) in [6, 6.07) is 11.5. The number of hydrogen-bond acceptors (Lipinski definition) is 2. The summed E-state index contributed by atoms with van der Waals surface area (Å²) in [6.07, 6.45) is 1.65. The summed E-state index contributed by atoms with van der Waals surface area (Å²) in [5.74, 6) is 0.758. The van der Waals surface area contributed by atoms with Crippen LogP contribution in [0.5, 0.6) is 5.75 Å². The van der Waals surface area contributed by atoms with Crippen molar-refractivity contribution in [3.63, 3.8) is 0 Å². The minimum absolute atomic E-state index is 0.0240. The van der Waals surface area contributed by atoms with Gasteiger partial charge in [0.25, 0.3) is 0 Å². The van der Waals surface area contributed by atoms with E-state index < -0.39 is 12.8 Å². The van der Waals surface area contributed by atoms with Crippen LogP contribution in [0.25, 0.3) is 10.9 Å². The molecule has 0 unspecified atom stereocenters. The number of halogens is 3. The first kappa shape index (κ1) is 16.9. The van der Waals surface area contributed by atoms with Gasteiger partial charge in [-0.15, -0.1) is 0 Å². The lowest BCUT2D eigenvalue weighted by Crippen LogP contribution is -2.19. The molecule has 1 aromatic carbocycles. The Morgan fingerprint density at radius 1 is 1.19 bits per heavy atom. The zero-order valence-corrected chi connectivity index (χ0v) is 14.3. The molecule has 136 valence electrons. The molecule has 0 saturated heterocycles. The van der Waals surface area contributed by atoms with E-state index >= 15 is 0 Å². The van der Waals surface area contributed by atoms with E-state index in [0.717, 1.165) is 11.2 Å². The third-order valence-electron chi connectivity index (χ3n) is 4.80. The summed E-state index contributed by atoms with van der Waals surface area (Å²) in [6.45, 7) is 0.734. The lowest BCUT2D eigenvalue weighted by atomic mass is 10.1. The van der Waals surface area contributed by atoms with Crippen LogP contribution in [-0.4, -0.2) is 22.3 Å². The van der Waals surface area contributed by atoms with Crippen molar-refractivity contribution in [1.82, 2.24) is 9.55 Å². The van der Waals surface area contributed by atoms with E-state index in [-0.39, 0.29) is 11.8 Å². The van der Waals surface area contributed by atoms with Gasteiger partial charge >= 0.3 is 6.18 Å². The van der Waals surface area contributed by atoms with Crippen molar-refractivity contribution < 1.29 is 17.9 Å². The Hall–Kier alpha value is -2.50. The Bertz CT molecular complexity index is 911. The largest absolute Gasteiger partial charge is 0.483 e. The standard InChI is InChI=1S/C20H19F3N2O/c1-13(18-9-8-15(10-24-18)26-12-20(21,22)23)25-11-17(14-6-7-14)16-4-2-3-5-19(16)25/h2-5,8-11,13-14H,6-7,12H2,1H3/t13-/m1/s1. The van der Waals surface area contributed by atoms with E-state index in [0.29, 0.717) is 5.92 Å². The maximum Gasteiger partial charge on any atom is 0.422 e. The molecule has 4 rings (SSSR count). The Morgan fingerprint density at radius 3 is 2.62 bits per heavy atom. The van der Waals surface area contributed by atoms with Gasteiger partial charge in [0, 0.05) is 17.1 Å². The molecule has 1 atom stereocenters. The van der Waals surface area contributed by atoms with Gasteiger partial charge in [-0.05, 0) is 49.4 Å². The van der Waals surface area contributed by atoms with E-state index in [9.17, 15) is 13.2 Å². The normalized spacial score (nSPS) is 16.0. The van der Waals surface area contributed by atoms with Gasteiger partial charge < -0.3 is 9.30 Å². The summed E-state index contributed by atoms with van der Waals surface area (Å²) in [5.41, 5.74) is 3.31. The van der Waals surface area contributed by atoms with E-state index in [1.54, 1.807) is 6.07 Å². The number of aromatic nitrogens is 2. The molecule has 0 radical (unpaired) electrons. The summed E-state index contributed by atoms with van der Waals surface area (Å²) in [7, 11) is 0. The number of rotatable bonds is 5. The van der Waals surface area contributed by atoms with Crippen LogP contribution in [0.1, 0.15) is 43.0 Å². The second-order valence-corrected chi connectivity index (χ2v) is 6.78. The summed E-state index contributed by atoms with van der Waals surface area (Å²) in [5, 5.41) is 1.27. The van der Waals surface area contributed by atoms with Crippen LogP contribution in [0.4, 0.5) is 13.2 Å². The number of fused-ring (bicyclic) bond motifs is 1. The van der Waals surface area contributed by atoms with Crippen molar-refractivity contribution in [1.29, 1.82) is 0 Å². The first-order valence-corrected chi connectivity index (χ1v) is 8.67. The van der Waals surface area contributed by atoms with Gasteiger partial charge in [-0.25, -0.2) is 0 Å². The van der Waals surface area contributed by atoms with E-state index in [2.05, 4.69) is 27.9 Å². The van der Waals surface area contributed by atoms with Crippen molar-refractivity contribution in [2.75, 3.05) is 6.61 Å². The quantitative estimate of drug-likeness (QED) is 0.604. The highest BCUT2D eigenvalue weighted by Crippen LogP contribution is 2.44. The van der Waals surface area contributed by atoms with Crippen LogP contribution in [0.15, 0.2) is 48.8 Å². The van der Waals surface area contributed by atoms with Crippen molar-refractivity contribution in [3.05, 3.63) is 60.0 Å². The minimum Gasteiger partial charge on any atom is -0.483 e. The smallest absolute Gasteiger partial charge is 0.422 e. The van der Waals surface area contributed by atoms with Crippen LogP contribution < -0.4 is 4.74 Å². The van der Waals surface area contributed by atoms with Gasteiger partial charge in [0.1, 0.15) is 5.75 Å². The molecule has 2 heterocycles.